The molecule has 0 unspecified atom stereocenters. The highest BCUT2D eigenvalue weighted by Gasteiger charge is 2.00. The molecule has 0 saturated carbocycles. The van der Waals surface area contributed by atoms with Gasteiger partial charge in [0.05, 0.1) is 6.20 Å². The Bertz CT molecular complexity index is 305. The van der Waals surface area contributed by atoms with E-state index in [2.05, 4.69) is 30.9 Å². The number of hydroxylamine groups is 1. The number of rotatable bonds is 2. The van der Waals surface area contributed by atoms with Gasteiger partial charge in [-0.05, 0) is 15.9 Å². The van der Waals surface area contributed by atoms with Gasteiger partial charge in [-0.25, -0.2) is 15.0 Å². The van der Waals surface area contributed by atoms with Crippen molar-refractivity contribution in [3.8, 4) is 0 Å². The highest BCUT2D eigenvalue weighted by Crippen LogP contribution is 2.20. The minimum atomic E-state index is 0.171. The fourth-order valence-electron chi connectivity index (χ4n) is 0.516. The normalized spacial score (nSPS) is 10.6. The first-order valence-corrected chi connectivity index (χ1v) is 4.01. The van der Waals surface area contributed by atoms with Crippen molar-refractivity contribution in [2.75, 3.05) is 0 Å². The molecule has 0 bridgehead atoms. The standard InChI is InChI=1S/C5H4BrClN4O/c6-3-1-8-4(7)5(11-3)9-2-10-12/h1-2,12H,(H,9,10,11). The molecule has 5 nitrogen and oxygen atoms in total. The van der Waals surface area contributed by atoms with E-state index in [0.717, 1.165) is 6.34 Å². The van der Waals surface area contributed by atoms with E-state index in [1.165, 1.54) is 6.20 Å². The van der Waals surface area contributed by atoms with Crippen molar-refractivity contribution in [3.63, 3.8) is 0 Å². The van der Waals surface area contributed by atoms with E-state index >= 15 is 0 Å². The minimum absolute atomic E-state index is 0.171. The molecule has 0 atom stereocenters. The van der Waals surface area contributed by atoms with Crippen LogP contribution in [0.25, 0.3) is 0 Å². The van der Waals surface area contributed by atoms with Crippen LogP contribution in [0, 0.1) is 0 Å². The third kappa shape index (κ3) is 2.40. The SMILES string of the molecule is ONC=Nc1nc(Br)cnc1Cl. The van der Waals surface area contributed by atoms with Gasteiger partial charge < -0.3 is 0 Å². The van der Waals surface area contributed by atoms with Crippen molar-refractivity contribution < 1.29 is 5.21 Å². The summed E-state index contributed by atoms with van der Waals surface area (Å²) in [5, 5.41) is 8.36. The molecule has 1 heterocycles. The Morgan fingerprint density at radius 2 is 2.50 bits per heavy atom. The lowest BCUT2D eigenvalue weighted by Gasteiger charge is -1.95. The van der Waals surface area contributed by atoms with Gasteiger partial charge in [0.25, 0.3) is 0 Å². The van der Waals surface area contributed by atoms with Crippen LogP contribution in [0.5, 0.6) is 0 Å². The Morgan fingerprint density at radius 3 is 3.17 bits per heavy atom. The maximum absolute atomic E-state index is 8.19. The lowest BCUT2D eigenvalue weighted by molar-refractivity contribution is 0.240. The van der Waals surface area contributed by atoms with Gasteiger partial charge in [0, 0.05) is 0 Å². The van der Waals surface area contributed by atoms with Crippen molar-refractivity contribution in [1.82, 2.24) is 15.4 Å². The summed E-state index contributed by atoms with van der Waals surface area (Å²) in [5.41, 5.74) is 1.73. The van der Waals surface area contributed by atoms with Gasteiger partial charge in [0.1, 0.15) is 10.9 Å². The van der Waals surface area contributed by atoms with E-state index in [1.54, 1.807) is 5.48 Å². The Hall–Kier alpha value is -0.720. The van der Waals surface area contributed by atoms with Crippen LogP contribution in [0.1, 0.15) is 0 Å². The third-order valence-corrected chi connectivity index (χ3v) is 1.57. The van der Waals surface area contributed by atoms with Crippen molar-refractivity contribution in [1.29, 1.82) is 0 Å². The number of nitrogens with zero attached hydrogens (tertiary/aromatic N) is 3. The molecule has 0 spiro atoms. The summed E-state index contributed by atoms with van der Waals surface area (Å²) in [7, 11) is 0. The van der Waals surface area contributed by atoms with E-state index < -0.39 is 0 Å². The highest BCUT2D eigenvalue weighted by atomic mass is 79.9. The second kappa shape index (κ2) is 4.34. The maximum atomic E-state index is 8.19. The number of hydrogen-bond donors (Lipinski definition) is 2. The molecule has 0 aromatic carbocycles. The average Bonchev–Trinajstić information content (AvgIpc) is 2.07. The molecular weight excluding hydrogens is 247 g/mol. The monoisotopic (exact) mass is 250 g/mol. The van der Waals surface area contributed by atoms with Crippen LogP contribution in [0.4, 0.5) is 5.82 Å². The van der Waals surface area contributed by atoms with E-state index in [0.29, 0.717) is 4.60 Å². The smallest absolute Gasteiger partial charge is 0.192 e. The first-order chi connectivity index (χ1) is 5.74. The molecule has 0 amide bonds. The van der Waals surface area contributed by atoms with Crippen LogP contribution in [-0.2, 0) is 0 Å². The Morgan fingerprint density at radius 1 is 1.75 bits per heavy atom. The molecule has 0 aliphatic carbocycles. The van der Waals surface area contributed by atoms with Crippen LogP contribution in [-0.4, -0.2) is 21.5 Å². The average molecular weight is 251 g/mol. The highest BCUT2D eigenvalue weighted by molar-refractivity contribution is 9.10. The molecule has 1 aromatic rings. The van der Waals surface area contributed by atoms with Crippen LogP contribution in [0.3, 0.4) is 0 Å². The Kier molecular flexibility index (Phi) is 3.39. The number of nitrogens with one attached hydrogen (secondary N) is 1. The molecule has 0 aliphatic heterocycles. The van der Waals surface area contributed by atoms with E-state index in [4.69, 9.17) is 16.8 Å². The van der Waals surface area contributed by atoms with Gasteiger partial charge in [0.2, 0.25) is 0 Å². The molecule has 7 heteroatoms. The Balaban J connectivity index is 2.97. The number of hydrogen-bond acceptors (Lipinski definition) is 4. The Labute approximate surface area is 81.6 Å². The lowest BCUT2D eigenvalue weighted by Crippen LogP contribution is -2.01. The van der Waals surface area contributed by atoms with E-state index in [-0.39, 0.29) is 11.0 Å². The summed E-state index contributed by atoms with van der Waals surface area (Å²) in [6.45, 7) is 0. The fraction of sp³-hybridized carbons (Fsp3) is 0. The molecule has 1 aromatic heterocycles. The topological polar surface area (TPSA) is 70.4 Å². The molecule has 0 fully saturated rings. The summed E-state index contributed by atoms with van der Waals surface area (Å²) in [6, 6.07) is 0. The first kappa shape index (κ1) is 9.37. The second-order valence-corrected chi connectivity index (χ2v) is 2.86. The molecule has 0 saturated heterocycles. The largest absolute Gasteiger partial charge is 0.290 e. The fourth-order valence-corrected chi connectivity index (χ4v) is 0.926. The molecular formula is C5H4BrClN4O. The summed E-state index contributed by atoms with van der Waals surface area (Å²) in [6.07, 6.45) is 2.50. The van der Waals surface area contributed by atoms with Gasteiger partial charge in [0.15, 0.2) is 11.0 Å². The minimum Gasteiger partial charge on any atom is -0.290 e. The van der Waals surface area contributed by atoms with Gasteiger partial charge in [-0.15, -0.1) is 0 Å². The first-order valence-electron chi connectivity index (χ1n) is 2.84. The molecule has 12 heavy (non-hydrogen) atoms. The van der Waals surface area contributed by atoms with Gasteiger partial charge in [-0.1, -0.05) is 11.6 Å². The van der Waals surface area contributed by atoms with Crippen molar-refractivity contribution >= 4 is 39.7 Å². The second-order valence-electron chi connectivity index (χ2n) is 1.69. The van der Waals surface area contributed by atoms with E-state index in [9.17, 15) is 0 Å². The summed E-state index contributed by atoms with van der Waals surface area (Å²) >= 11 is 8.71. The van der Waals surface area contributed by atoms with Gasteiger partial charge in [-0.2, -0.15) is 0 Å². The number of aliphatic imine (C=N–C) groups is 1. The predicted molar refractivity (Wildman–Crippen MR) is 47.8 cm³/mol. The third-order valence-electron chi connectivity index (χ3n) is 0.926. The van der Waals surface area contributed by atoms with Gasteiger partial charge >= 0.3 is 0 Å². The summed E-state index contributed by atoms with van der Waals surface area (Å²) in [5.74, 6) is 0.229. The number of halogens is 2. The van der Waals surface area contributed by atoms with Crippen LogP contribution < -0.4 is 5.48 Å². The molecule has 1 rings (SSSR count). The van der Waals surface area contributed by atoms with Crippen molar-refractivity contribution in [2.24, 2.45) is 4.99 Å². The predicted octanol–water partition coefficient (Wildman–Crippen LogP) is 1.53. The van der Waals surface area contributed by atoms with Crippen molar-refractivity contribution in [3.05, 3.63) is 16.0 Å². The molecule has 0 radical (unpaired) electrons. The number of aromatic nitrogens is 2. The molecule has 2 N–H and O–H groups in total. The molecule has 0 aliphatic rings. The quantitative estimate of drug-likeness (QED) is 0.475. The zero-order valence-corrected chi connectivity index (χ0v) is 8.04. The zero-order chi connectivity index (χ0) is 8.97. The van der Waals surface area contributed by atoms with Crippen molar-refractivity contribution in [2.45, 2.75) is 0 Å². The summed E-state index contributed by atoms with van der Waals surface area (Å²) < 4.78 is 0.525. The molecule has 64 valence electrons. The summed E-state index contributed by atoms with van der Waals surface area (Å²) in [4.78, 5) is 11.3. The maximum Gasteiger partial charge on any atom is 0.192 e. The van der Waals surface area contributed by atoms with Crippen LogP contribution >= 0.6 is 27.5 Å². The van der Waals surface area contributed by atoms with Crippen LogP contribution in [0.15, 0.2) is 15.8 Å². The lowest BCUT2D eigenvalue weighted by atomic mass is 10.7. The zero-order valence-electron chi connectivity index (χ0n) is 5.70. The van der Waals surface area contributed by atoms with Crippen LogP contribution in [0.2, 0.25) is 5.15 Å². The van der Waals surface area contributed by atoms with E-state index in [1.807, 2.05) is 0 Å². The van der Waals surface area contributed by atoms with Gasteiger partial charge in [-0.3, -0.25) is 10.7 Å².